The molecular weight excluding hydrogens is 651 g/mol. The van der Waals surface area contributed by atoms with Gasteiger partial charge in [-0.3, -0.25) is 0 Å². The van der Waals surface area contributed by atoms with Gasteiger partial charge in [-0.1, -0.05) is 121 Å². The average Bonchev–Trinajstić information content (AvgIpc) is 3.22. The molecule has 0 saturated carbocycles. The van der Waals surface area contributed by atoms with Gasteiger partial charge in [0.2, 0.25) is 0 Å². The predicted octanol–water partition coefficient (Wildman–Crippen LogP) is 14.2. The third-order valence-electron chi connectivity index (χ3n) is 9.43. The molecule has 0 atom stereocenters. The Balaban J connectivity index is 0.967. The molecule has 0 amide bonds. The highest BCUT2D eigenvalue weighted by Gasteiger charge is 2.19. The lowest BCUT2D eigenvalue weighted by Gasteiger charge is -2.26. The van der Waals surface area contributed by atoms with Crippen molar-refractivity contribution in [3.8, 4) is 22.3 Å². The minimum Gasteiger partial charge on any atom is -0.354 e. The molecule has 1 aliphatic heterocycles. The number of rotatable bonds is 8. The minimum absolute atomic E-state index is 1.12. The van der Waals surface area contributed by atoms with E-state index in [1.807, 2.05) is 11.8 Å². The van der Waals surface area contributed by atoms with Gasteiger partial charge in [-0.2, -0.15) is 0 Å². The fraction of sp³-hybridized carbons (Fsp3) is 0. The van der Waals surface area contributed by atoms with Crippen LogP contribution < -0.4 is 15.1 Å². The summed E-state index contributed by atoms with van der Waals surface area (Å²) in [5.41, 5.74) is 13.8. The van der Waals surface area contributed by atoms with Gasteiger partial charge in [0, 0.05) is 43.9 Å². The summed E-state index contributed by atoms with van der Waals surface area (Å²) in [4.78, 5) is 7.03. The number of hydrogen-bond acceptors (Lipinski definition) is 4. The Kier molecular flexibility index (Phi) is 8.49. The maximum absolute atomic E-state index is 3.68. The van der Waals surface area contributed by atoms with Gasteiger partial charge < -0.3 is 15.1 Å². The number of anilines is 8. The van der Waals surface area contributed by atoms with Crippen LogP contribution in [-0.2, 0) is 0 Å². The molecule has 248 valence electrons. The molecule has 0 bridgehead atoms. The summed E-state index contributed by atoms with van der Waals surface area (Å²) in [6, 6.07) is 73.3. The lowest BCUT2D eigenvalue weighted by Crippen LogP contribution is -2.09. The van der Waals surface area contributed by atoms with Crippen LogP contribution in [0.2, 0.25) is 0 Å². The van der Waals surface area contributed by atoms with Crippen LogP contribution in [0.15, 0.2) is 216 Å². The molecule has 52 heavy (non-hydrogen) atoms. The van der Waals surface area contributed by atoms with Gasteiger partial charge in [0.1, 0.15) is 0 Å². The first-order chi connectivity index (χ1) is 25.8. The molecule has 8 aromatic carbocycles. The van der Waals surface area contributed by atoms with Crippen LogP contribution in [0, 0.1) is 0 Å². The normalized spacial score (nSPS) is 11.5. The monoisotopic (exact) mass is 685 g/mol. The molecule has 0 aliphatic carbocycles. The molecule has 0 fully saturated rings. The van der Waals surface area contributed by atoms with Gasteiger partial charge in [0.25, 0.3) is 0 Å². The fourth-order valence-electron chi connectivity index (χ4n) is 6.85. The van der Waals surface area contributed by atoms with E-state index >= 15 is 0 Å². The van der Waals surface area contributed by atoms with Crippen LogP contribution in [-0.4, -0.2) is 0 Å². The molecule has 1 heterocycles. The molecule has 0 spiro atoms. The first-order valence-electron chi connectivity index (χ1n) is 17.5. The van der Waals surface area contributed by atoms with Crippen molar-refractivity contribution in [1.29, 1.82) is 0 Å². The zero-order chi connectivity index (χ0) is 34.7. The van der Waals surface area contributed by atoms with E-state index in [1.54, 1.807) is 0 Å². The van der Waals surface area contributed by atoms with Crippen molar-refractivity contribution in [1.82, 2.24) is 0 Å². The van der Waals surface area contributed by atoms with Crippen molar-refractivity contribution in [2.24, 2.45) is 0 Å². The van der Waals surface area contributed by atoms with E-state index < -0.39 is 0 Å². The van der Waals surface area contributed by atoms with Gasteiger partial charge >= 0.3 is 0 Å². The highest BCUT2D eigenvalue weighted by atomic mass is 32.2. The van der Waals surface area contributed by atoms with Gasteiger partial charge in [0.15, 0.2) is 0 Å². The molecule has 0 unspecified atom stereocenters. The van der Waals surface area contributed by atoms with Gasteiger partial charge in [-0.05, 0) is 119 Å². The second-order valence-electron chi connectivity index (χ2n) is 12.8. The van der Waals surface area contributed by atoms with Crippen molar-refractivity contribution in [2.75, 3.05) is 15.1 Å². The molecular formula is C48H35N3S. The van der Waals surface area contributed by atoms with Crippen LogP contribution in [0.25, 0.3) is 22.3 Å². The summed E-state index contributed by atoms with van der Waals surface area (Å²) in [6.07, 6.45) is 0. The summed E-state index contributed by atoms with van der Waals surface area (Å²) < 4.78 is 0. The number of hydrogen-bond donors (Lipinski definition) is 1. The predicted molar refractivity (Wildman–Crippen MR) is 221 cm³/mol. The standard InChI is InChI=1S/C48H35N3S/c1-5-13-39(14-6-1)50(40-15-7-2-8-16-40)43-27-21-35(22-28-43)37-25-31-45-47(33-37)52-48-34-38(26-32-46(48)49-45)36-23-29-44(30-24-36)51(41-17-9-3-10-18-41)42-19-11-4-12-20-42/h1-34,49H. The van der Waals surface area contributed by atoms with Crippen LogP contribution >= 0.6 is 11.8 Å². The third kappa shape index (κ3) is 6.32. The lowest BCUT2D eigenvalue weighted by atomic mass is 10.0. The summed E-state index contributed by atoms with van der Waals surface area (Å²) >= 11 is 1.83. The Labute approximate surface area is 309 Å². The zero-order valence-electron chi connectivity index (χ0n) is 28.4. The average molecular weight is 686 g/mol. The SMILES string of the molecule is c1ccc(N(c2ccccc2)c2ccc(-c3ccc4c(c3)Sc3cc(-c5ccc(N(c6ccccc6)c6ccccc6)cc5)ccc3N4)cc2)cc1. The van der Waals surface area contributed by atoms with Gasteiger partial charge in [-0.25, -0.2) is 0 Å². The first-order valence-corrected chi connectivity index (χ1v) is 18.3. The van der Waals surface area contributed by atoms with Crippen LogP contribution in [0.5, 0.6) is 0 Å². The van der Waals surface area contributed by atoms with E-state index in [2.05, 4.69) is 221 Å². The Hall–Kier alpha value is -6.49. The van der Waals surface area contributed by atoms with E-state index in [9.17, 15) is 0 Å². The second-order valence-corrected chi connectivity index (χ2v) is 13.8. The van der Waals surface area contributed by atoms with Crippen molar-refractivity contribution in [2.45, 2.75) is 9.79 Å². The summed E-state index contributed by atoms with van der Waals surface area (Å²) in [5.74, 6) is 0. The van der Waals surface area contributed by atoms with E-state index in [-0.39, 0.29) is 0 Å². The van der Waals surface area contributed by atoms with E-state index in [4.69, 9.17) is 0 Å². The Morgan fingerprint density at radius 2 is 0.577 bits per heavy atom. The molecule has 1 aliphatic rings. The highest BCUT2D eigenvalue weighted by molar-refractivity contribution is 7.99. The summed E-state index contributed by atoms with van der Waals surface area (Å²) in [5, 5.41) is 3.68. The topological polar surface area (TPSA) is 18.5 Å². The maximum Gasteiger partial charge on any atom is 0.0526 e. The van der Waals surface area contributed by atoms with Crippen LogP contribution in [0.4, 0.5) is 45.5 Å². The van der Waals surface area contributed by atoms with Crippen molar-refractivity contribution in [3.05, 3.63) is 206 Å². The molecule has 0 radical (unpaired) electrons. The molecule has 9 rings (SSSR count). The van der Waals surface area contributed by atoms with Crippen LogP contribution in [0.3, 0.4) is 0 Å². The molecule has 4 heteroatoms. The van der Waals surface area contributed by atoms with Gasteiger partial charge in [0.05, 0.1) is 11.4 Å². The van der Waals surface area contributed by atoms with Crippen molar-refractivity contribution < 1.29 is 0 Å². The Morgan fingerprint density at radius 1 is 0.288 bits per heavy atom. The molecule has 0 aromatic heterocycles. The maximum atomic E-state index is 3.68. The van der Waals surface area contributed by atoms with Crippen LogP contribution in [0.1, 0.15) is 0 Å². The smallest absolute Gasteiger partial charge is 0.0526 e. The Morgan fingerprint density at radius 3 is 0.904 bits per heavy atom. The largest absolute Gasteiger partial charge is 0.354 e. The lowest BCUT2D eigenvalue weighted by molar-refractivity contribution is 1.28. The first kappa shape index (κ1) is 31.5. The van der Waals surface area contributed by atoms with Crippen molar-refractivity contribution in [3.63, 3.8) is 0 Å². The quantitative estimate of drug-likeness (QED) is 0.172. The molecule has 3 nitrogen and oxygen atoms in total. The number of fused-ring (bicyclic) bond motifs is 2. The van der Waals surface area contributed by atoms with E-state index in [1.165, 1.54) is 32.0 Å². The summed E-state index contributed by atoms with van der Waals surface area (Å²) in [7, 11) is 0. The number of benzene rings is 8. The Bertz CT molecular complexity index is 2180. The number of para-hydroxylation sites is 4. The minimum atomic E-state index is 1.12. The number of nitrogens with one attached hydrogen (secondary N) is 1. The van der Waals surface area contributed by atoms with Gasteiger partial charge in [-0.15, -0.1) is 0 Å². The number of nitrogens with zero attached hydrogens (tertiary/aromatic N) is 2. The second kappa shape index (κ2) is 14.0. The molecule has 0 saturated heterocycles. The summed E-state index contributed by atoms with van der Waals surface area (Å²) in [6.45, 7) is 0. The zero-order valence-corrected chi connectivity index (χ0v) is 29.2. The van der Waals surface area contributed by atoms with Crippen molar-refractivity contribution >= 4 is 57.3 Å². The fourth-order valence-corrected chi connectivity index (χ4v) is 7.92. The van der Waals surface area contributed by atoms with E-state index in [0.29, 0.717) is 0 Å². The molecule has 1 N–H and O–H groups in total. The highest BCUT2D eigenvalue weighted by Crippen LogP contribution is 2.47. The third-order valence-corrected chi connectivity index (χ3v) is 10.5. The molecule has 8 aromatic rings. The van der Waals surface area contributed by atoms with E-state index in [0.717, 1.165) is 45.5 Å².